The molecule has 0 bridgehead atoms. The molecule has 0 spiro atoms. The second-order valence-corrected chi connectivity index (χ2v) is 0.849. The lowest BCUT2D eigenvalue weighted by Gasteiger charge is -1.87. The predicted molar refractivity (Wildman–Crippen MR) is 23.5 cm³/mol. The fraction of sp³-hybridized carbons (Fsp3) is 0. The van der Waals surface area contributed by atoms with Crippen LogP contribution in [0.4, 0.5) is 0 Å². The van der Waals surface area contributed by atoms with Crippen LogP contribution >= 0.6 is 0 Å². The highest BCUT2D eigenvalue weighted by atomic mass is 16.6. The smallest absolute Gasteiger partial charge is 0.329 e. The van der Waals surface area contributed by atoms with Gasteiger partial charge in [0.2, 0.25) is 0 Å². The number of hydrogen-bond acceptors (Lipinski definition) is 4. The number of rotatable bonds is 1. The van der Waals surface area contributed by atoms with Gasteiger partial charge >= 0.3 is 5.82 Å². The highest BCUT2D eigenvalue weighted by Crippen LogP contribution is 1.75. The average Bonchev–Trinajstić information content (AvgIpc) is 1.65. The normalized spacial score (nSPS) is 11.1. The summed E-state index contributed by atoms with van der Waals surface area (Å²) in [5.74, 6) is -0.528. The Balaban J connectivity index is 3.82. The molecular weight excluding hydrogens is 98.0 g/mol. The third-order valence-electron chi connectivity index (χ3n) is 0.382. The van der Waals surface area contributed by atoms with Gasteiger partial charge in [-0.05, 0) is 4.92 Å². The Morgan fingerprint density at radius 1 is 1.86 bits per heavy atom. The molecule has 0 atom stereocenters. The maximum Gasteiger partial charge on any atom is 0.329 e. The van der Waals surface area contributed by atoms with Crippen molar-refractivity contribution in [1.82, 2.24) is 0 Å². The Kier molecular flexibility index (Phi) is 1.65. The van der Waals surface area contributed by atoms with Crippen molar-refractivity contribution in [2.24, 2.45) is 11.5 Å². The molecule has 5 heteroatoms. The first-order valence-corrected chi connectivity index (χ1v) is 1.50. The zero-order chi connectivity index (χ0) is 5.86. The van der Waals surface area contributed by atoms with Gasteiger partial charge < -0.3 is 15.8 Å². The van der Waals surface area contributed by atoms with Crippen molar-refractivity contribution >= 4 is 0 Å². The fourth-order valence-electron chi connectivity index (χ4n) is 0.0609. The molecule has 0 aliphatic heterocycles. The summed E-state index contributed by atoms with van der Waals surface area (Å²) in [6.45, 7) is 0. The van der Waals surface area contributed by atoms with Gasteiger partial charge in [-0.2, -0.15) is 0 Å². The third kappa shape index (κ3) is 1.58. The highest BCUT2D eigenvalue weighted by Gasteiger charge is 1.92. The van der Waals surface area contributed by atoms with Crippen LogP contribution in [0.15, 0.2) is 12.0 Å². The van der Waals surface area contributed by atoms with Crippen molar-refractivity contribution < 1.29 is 4.92 Å². The van der Waals surface area contributed by atoms with Crippen LogP contribution in [0.25, 0.3) is 0 Å². The minimum Gasteiger partial charge on any atom is -0.398 e. The van der Waals surface area contributed by atoms with Gasteiger partial charge in [-0.3, -0.25) is 5.73 Å². The van der Waals surface area contributed by atoms with Gasteiger partial charge in [0.1, 0.15) is 0 Å². The van der Waals surface area contributed by atoms with Crippen LogP contribution in [0, 0.1) is 10.1 Å². The van der Waals surface area contributed by atoms with E-state index in [4.69, 9.17) is 0 Å². The number of nitrogens with two attached hydrogens (primary N) is 2. The summed E-state index contributed by atoms with van der Waals surface area (Å²) in [4.78, 5) is 8.70. The molecule has 0 saturated carbocycles. The van der Waals surface area contributed by atoms with Crippen molar-refractivity contribution in [3.63, 3.8) is 0 Å². The van der Waals surface area contributed by atoms with Crippen LogP contribution in [-0.2, 0) is 0 Å². The van der Waals surface area contributed by atoms with Gasteiger partial charge in [0, 0.05) is 0 Å². The zero-order valence-electron chi connectivity index (χ0n) is 3.50. The molecule has 7 heavy (non-hydrogen) atoms. The molecule has 0 aliphatic rings. The third-order valence-corrected chi connectivity index (χ3v) is 0.382. The van der Waals surface area contributed by atoms with E-state index in [2.05, 4.69) is 11.5 Å². The molecule has 0 fully saturated rings. The molecule has 0 rings (SSSR count). The van der Waals surface area contributed by atoms with Crippen molar-refractivity contribution in [1.29, 1.82) is 0 Å². The van der Waals surface area contributed by atoms with Gasteiger partial charge in [-0.15, -0.1) is 0 Å². The van der Waals surface area contributed by atoms with E-state index >= 15 is 0 Å². The monoisotopic (exact) mass is 103 g/mol. The van der Waals surface area contributed by atoms with E-state index in [-0.39, 0.29) is 0 Å². The van der Waals surface area contributed by atoms with E-state index < -0.39 is 10.7 Å². The minimum absolute atomic E-state index is 0.528. The molecule has 5 nitrogen and oxygen atoms in total. The topological polar surface area (TPSA) is 95.2 Å². The van der Waals surface area contributed by atoms with E-state index in [1.165, 1.54) is 0 Å². The van der Waals surface area contributed by atoms with Gasteiger partial charge in [-0.1, -0.05) is 0 Å². The quantitative estimate of drug-likeness (QED) is 0.328. The maximum atomic E-state index is 9.46. The van der Waals surface area contributed by atoms with Crippen LogP contribution in [-0.4, -0.2) is 4.92 Å². The van der Waals surface area contributed by atoms with E-state index in [1.807, 2.05) is 0 Å². The highest BCUT2D eigenvalue weighted by molar-refractivity contribution is 4.78. The lowest BCUT2D eigenvalue weighted by molar-refractivity contribution is -0.426. The van der Waals surface area contributed by atoms with Crippen molar-refractivity contribution in [3.8, 4) is 0 Å². The lowest BCUT2D eigenvalue weighted by Crippen LogP contribution is -2.10. The molecule has 0 aromatic heterocycles. The first-order valence-electron chi connectivity index (χ1n) is 1.50. The summed E-state index contributed by atoms with van der Waals surface area (Å²) in [7, 11) is 0. The summed E-state index contributed by atoms with van der Waals surface area (Å²) < 4.78 is 0. The molecule has 0 heterocycles. The molecule has 4 N–H and O–H groups in total. The Bertz CT molecular complexity index is 108. The number of nitro groups is 1. The molecule has 0 radical (unpaired) electrons. The maximum absolute atomic E-state index is 9.46. The van der Waals surface area contributed by atoms with E-state index in [9.17, 15) is 10.1 Å². The summed E-state index contributed by atoms with van der Waals surface area (Å²) in [6, 6.07) is 0. The number of nitrogens with zero attached hydrogens (tertiary/aromatic N) is 1. The molecule has 0 unspecified atom stereocenters. The Morgan fingerprint density at radius 3 is 2.29 bits per heavy atom. The molecule has 0 saturated heterocycles. The van der Waals surface area contributed by atoms with Crippen LogP contribution in [0.2, 0.25) is 0 Å². The van der Waals surface area contributed by atoms with E-state index in [0.29, 0.717) is 0 Å². The van der Waals surface area contributed by atoms with Crippen LogP contribution < -0.4 is 11.5 Å². The van der Waals surface area contributed by atoms with Crippen molar-refractivity contribution in [3.05, 3.63) is 22.1 Å². The largest absolute Gasteiger partial charge is 0.398 e. The Morgan fingerprint density at radius 2 is 2.29 bits per heavy atom. The zero-order valence-corrected chi connectivity index (χ0v) is 3.50. The van der Waals surface area contributed by atoms with E-state index in [0.717, 1.165) is 6.20 Å². The first-order chi connectivity index (χ1) is 3.18. The average molecular weight is 103 g/mol. The van der Waals surface area contributed by atoms with Crippen molar-refractivity contribution in [2.75, 3.05) is 0 Å². The van der Waals surface area contributed by atoms with Crippen LogP contribution in [0.3, 0.4) is 0 Å². The standard InChI is InChI=1S/C2H5N3O2/c3-1-2(4)5(6)7/h1H,3-4H2/b2-1+. The molecule has 0 amide bonds. The van der Waals surface area contributed by atoms with Crippen molar-refractivity contribution in [2.45, 2.75) is 0 Å². The van der Waals surface area contributed by atoms with Gasteiger partial charge in [-0.25, -0.2) is 0 Å². The molecule has 0 aromatic carbocycles. The molecular formula is C2H5N3O2. The Hall–Kier alpha value is -1.26. The second kappa shape index (κ2) is 2.01. The van der Waals surface area contributed by atoms with Gasteiger partial charge in [0.25, 0.3) is 0 Å². The lowest BCUT2D eigenvalue weighted by atomic mass is 10.8. The SMILES string of the molecule is N/C=C(\N)[N+](=O)[O-]. The molecule has 0 aliphatic carbocycles. The summed E-state index contributed by atoms with van der Waals surface area (Å²) in [6.07, 6.45) is 0.736. The van der Waals surface area contributed by atoms with Crippen LogP contribution in [0.5, 0.6) is 0 Å². The van der Waals surface area contributed by atoms with Gasteiger partial charge in [0.05, 0.1) is 6.20 Å². The molecule has 0 aromatic rings. The minimum atomic E-state index is -0.764. The second-order valence-electron chi connectivity index (χ2n) is 0.849. The fourth-order valence-corrected chi connectivity index (χ4v) is 0.0609. The predicted octanol–water partition coefficient (Wildman–Crippen LogP) is -1.02. The van der Waals surface area contributed by atoms with Gasteiger partial charge in [0.15, 0.2) is 0 Å². The first kappa shape index (κ1) is 5.74. The molecule has 40 valence electrons. The summed E-state index contributed by atoms with van der Waals surface area (Å²) in [5, 5.41) is 9.46. The van der Waals surface area contributed by atoms with E-state index in [1.54, 1.807) is 0 Å². The summed E-state index contributed by atoms with van der Waals surface area (Å²) >= 11 is 0. The number of hydrogen-bond donors (Lipinski definition) is 2. The van der Waals surface area contributed by atoms with Crippen LogP contribution in [0.1, 0.15) is 0 Å². The summed E-state index contributed by atoms with van der Waals surface area (Å²) in [5.41, 5.74) is 9.30. The Labute approximate surface area is 39.7 Å².